The van der Waals surface area contributed by atoms with E-state index in [-0.39, 0.29) is 38.3 Å². The minimum Gasteiger partial charge on any atom is -0.345 e. The van der Waals surface area contributed by atoms with Crippen LogP contribution in [-0.4, -0.2) is 48.8 Å². The topological polar surface area (TPSA) is 140 Å². The molecule has 10 nitrogen and oxygen atoms in total. The second-order valence-corrected chi connectivity index (χ2v) is 13.4. The van der Waals surface area contributed by atoms with Crippen LogP contribution in [-0.2, 0) is 51.9 Å². The fourth-order valence-electron chi connectivity index (χ4n) is 4.90. The van der Waals surface area contributed by atoms with Crippen molar-refractivity contribution in [2.45, 2.75) is 65.3 Å². The van der Waals surface area contributed by atoms with E-state index in [4.69, 9.17) is 9.05 Å². The van der Waals surface area contributed by atoms with Crippen LogP contribution in [0.1, 0.15) is 56.4 Å². The van der Waals surface area contributed by atoms with Crippen molar-refractivity contribution in [3.05, 3.63) is 113 Å². The van der Waals surface area contributed by atoms with Crippen LogP contribution in [0, 0.1) is 5.92 Å². The largest absolute Gasteiger partial charge is 0.345 e. The van der Waals surface area contributed by atoms with Crippen molar-refractivity contribution in [2.24, 2.45) is 5.92 Å². The van der Waals surface area contributed by atoms with Crippen LogP contribution in [0.25, 0.3) is 6.08 Å². The van der Waals surface area contributed by atoms with Crippen molar-refractivity contribution in [3.8, 4) is 0 Å². The van der Waals surface area contributed by atoms with Gasteiger partial charge in [-0.05, 0) is 48.1 Å². The maximum atomic E-state index is 13.6. The van der Waals surface area contributed by atoms with E-state index in [0.717, 1.165) is 22.3 Å². The molecule has 0 bridgehead atoms. The van der Waals surface area contributed by atoms with Gasteiger partial charge in [-0.15, -0.1) is 0 Å². The molecule has 3 amide bonds. The van der Waals surface area contributed by atoms with Crippen LogP contribution in [0.5, 0.6) is 0 Å². The average molecular weight is 676 g/mol. The Morgan fingerprint density at radius 1 is 0.771 bits per heavy atom. The molecule has 11 heteroatoms. The normalized spacial score (nSPS) is 13.3. The first-order chi connectivity index (χ1) is 23.1. The Morgan fingerprint density at radius 2 is 1.35 bits per heavy atom. The van der Waals surface area contributed by atoms with E-state index in [1.807, 2.05) is 74.5 Å². The van der Waals surface area contributed by atoms with Gasteiger partial charge in [-0.1, -0.05) is 105 Å². The summed E-state index contributed by atoms with van der Waals surface area (Å²) in [7, 11) is -3.25. The molecule has 0 saturated carbocycles. The minimum absolute atomic E-state index is 0.103. The second-order valence-electron chi connectivity index (χ2n) is 11.3. The molecule has 48 heavy (non-hydrogen) atoms. The summed E-state index contributed by atoms with van der Waals surface area (Å²) >= 11 is 0. The third kappa shape index (κ3) is 12.3. The lowest BCUT2D eigenvalue weighted by molar-refractivity contribution is -0.140. The van der Waals surface area contributed by atoms with Gasteiger partial charge in [0.05, 0.1) is 19.4 Å². The molecule has 0 unspecified atom stereocenters. The van der Waals surface area contributed by atoms with Gasteiger partial charge in [0, 0.05) is 19.0 Å². The molecule has 0 saturated heterocycles. The maximum Gasteiger partial charge on any atom is 0.335 e. The number of carbonyl (C=O) groups excluding carboxylic acids is 4. The third-order valence-electron chi connectivity index (χ3n) is 7.66. The molecule has 3 N–H and O–H groups in total. The van der Waals surface area contributed by atoms with Gasteiger partial charge in [0.1, 0.15) is 12.1 Å². The average Bonchev–Trinajstić information content (AvgIpc) is 3.09. The zero-order valence-corrected chi connectivity index (χ0v) is 28.9. The second kappa shape index (κ2) is 19.5. The molecular weight excluding hydrogens is 629 g/mol. The molecule has 0 aliphatic carbocycles. The first kappa shape index (κ1) is 38.1. The van der Waals surface area contributed by atoms with Crippen molar-refractivity contribution in [1.29, 1.82) is 0 Å². The van der Waals surface area contributed by atoms with Gasteiger partial charge >= 0.3 is 7.60 Å². The highest BCUT2D eigenvalue weighted by Crippen LogP contribution is 2.51. The van der Waals surface area contributed by atoms with Gasteiger partial charge in [-0.3, -0.25) is 23.7 Å². The summed E-state index contributed by atoms with van der Waals surface area (Å²) in [5, 5.41) is 8.17. The van der Waals surface area contributed by atoms with Crippen LogP contribution >= 0.6 is 7.60 Å². The lowest BCUT2D eigenvalue weighted by Crippen LogP contribution is -2.56. The molecule has 0 heterocycles. The number of rotatable bonds is 19. The first-order valence-corrected chi connectivity index (χ1v) is 18.0. The number of ketones is 1. The number of nitrogens with one attached hydrogen (secondary N) is 3. The van der Waals surface area contributed by atoms with E-state index in [1.54, 1.807) is 44.2 Å². The van der Waals surface area contributed by atoms with Gasteiger partial charge < -0.3 is 25.0 Å². The molecule has 0 aliphatic rings. The Morgan fingerprint density at radius 3 is 1.92 bits per heavy atom. The molecule has 0 aromatic heterocycles. The molecule has 3 rings (SSSR count). The molecule has 0 radical (unpaired) electrons. The van der Waals surface area contributed by atoms with Crippen LogP contribution in [0.4, 0.5) is 0 Å². The van der Waals surface area contributed by atoms with Crippen LogP contribution in [0.2, 0.25) is 0 Å². The summed E-state index contributed by atoms with van der Waals surface area (Å²) in [4.78, 5) is 52.9. The summed E-state index contributed by atoms with van der Waals surface area (Å²) in [6, 6.07) is 23.3. The molecular formula is C37H46N3O7P. The van der Waals surface area contributed by atoms with E-state index < -0.39 is 43.2 Å². The predicted octanol–water partition coefficient (Wildman–Crippen LogP) is 5.61. The van der Waals surface area contributed by atoms with E-state index in [9.17, 15) is 23.7 Å². The molecule has 0 spiro atoms. The zero-order valence-electron chi connectivity index (χ0n) is 28.0. The highest BCUT2D eigenvalue weighted by Gasteiger charge is 2.32. The molecule has 0 fully saturated rings. The number of amides is 3. The minimum atomic E-state index is -3.25. The fraction of sp³-hybridized carbons (Fsp3) is 0.351. The van der Waals surface area contributed by atoms with Crippen molar-refractivity contribution >= 4 is 37.2 Å². The van der Waals surface area contributed by atoms with Crippen molar-refractivity contribution < 1.29 is 32.8 Å². The Bertz CT molecular complexity index is 1550. The summed E-state index contributed by atoms with van der Waals surface area (Å²) < 4.78 is 23.6. The van der Waals surface area contributed by atoms with Crippen molar-refractivity contribution in [2.75, 3.05) is 13.2 Å². The van der Waals surface area contributed by atoms with E-state index in [1.165, 1.54) is 6.08 Å². The van der Waals surface area contributed by atoms with Crippen LogP contribution in [0.3, 0.4) is 0 Å². The number of benzene rings is 3. The van der Waals surface area contributed by atoms with Crippen molar-refractivity contribution in [3.63, 3.8) is 0 Å². The van der Waals surface area contributed by atoms with Crippen LogP contribution in [0.15, 0.2) is 91.0 Å². The summed E-state index contributed by atoms with van der Waals surface area (Å²) in [5.74, 6) is -2.92. The van der Waals surface area contributed by atoms with Gasteiger partial charge in [-0.2, -0.15) is 0 Å². The Labute approximate surface area is 283 Å². The van der Waals surface area contributed by atoms with E-state index >= 15 is 0 Å². The molecule has 3 aromatic rings. The van der Waals surface area contributed by atoms with E-state index in [2.05, 4.69) is 16.0 Å². The molecule has 3 atom stereocenters. The van der Waals surface area contributed by atoms with Gasteiger partial charge in [0.15, 0.2) is 0 Å². The molecule has 0 aliphatic heterocycles. The van der Waals surface area contributed by atoms with Gasteiger partial charge in [-0.25, -0.2) is 0 Å². The van der Waals surface area contributed by atoms with Gasteiger partial charge in [0.25, 0.3) is 5.91 Å². The summed E-state index contributed by atoms with van der Waals surface area (Å²) in [6.07, 6.45) is 3.74. The fourth-order valence-corrected chi connectivity index (χ4v) is 6.60. The quantitative estimate of drug-likeness (QED) is 0.0853. The van der Waals surface area contributed by atoms with Crippen molar-refractivity contribution in [1.82, 2.24) is 16.0 Å². The lowest BCUT2D eigenvalue weighted by Gasteiger charge is -2.26. The standard InChI is InChI=1S/C37H46N3O7P/c1-5-27(4)34(40-33(41)23-22-28-18-20-31(21-19-28)26-48(45,46-6-2)47-7-3)36(43)39-32(24-29-14-10-8-11-15-29)35(42)37(44)38-25-30-16-12-9-13-17-30/h8-23,27,32,34H,5-7,24-26H2,1-4H3,(H,38,44)(H,39,43)(H,40,41)/t27-,32-,34-/m0/s1. The number of Topliss-reactive ketones (excluding diaryl/α,β-unsaturated/α-hetero) is 1. The highest BCUT2D eigenvalue weighted by molar-refractivity contribution is 7.53. The highest BCUT2D eigenvalue weighted by atomic mass is 31.2. The number of carbonyl (C=O) groups is 4. The summed E-state index contributed by atoms with van der Waals surface area (Å²) in [5.41, 5.74) is 3.09. The monoisotopic (exact) mass is 675 g/mol. The molecule has 3 aromatic carbocycles. The van der Waals surface area contributed by atoms with E-state index in [0.29, 0.717) is 6.42 Å². The van der Waals surface area contributed by atoms with Gasteiger partial charge in [0.2, 0.25) is 17.6 Å². The third-order valence-corrected chi connectivity index (χ3v) is 9.72. The van der Waals surface area contributed by atoms with Crippen LogP contribution < -0.4 is 16.0 Å². The zero-order chi connectivity index (χ0) is 34.9. The lowest BCUT2D eigenvalue weighted by atomic mass is 9.96. The summed E-state index contributed by atoms with van der Waals surface area (Å²) in [6.45, 7) is 7.96. The Kier molecular flexibility index (Phi) is 15.4. The Hall–Kier alpha value is -4.37. The predicted molar refractivity (Wildman–Crippen MR) is 187 cm³/mol. The first-order valence-electron chi connectivity index (χ1n) is 16.2. The maximum absolute atomic E-state index is 13.6. The smallest absolute Gasteiger partial charge is 0.335 e. The number of hydrogen-bond donors (Lipinski definition) is 3. The molecule has 256 valence electrons. The number of hydrogen-bond acceptors (Lipinski definition) is 7. The SMILES string of the molecule is CCOP(=O)(Cc1ccc(C=CC(=O)N[C@H](C(=O)N[C@@H](Cc2ccccc2)C(=O)C(=O)NCc2ccccc2)[C@@H](C)CC)cc1)OCC. The Balaban J connectivity index is 1.69.